The van der Waals surface area contributed by atoms with Gasteiger partial charge < -0.3 is 11.1 Å². The van der Waals surface area contributed by atoms with E-state index in [4.69, 9.17) is 5.73 Å². The van der Waals surface area contributed by atoms with Crippen LogP contribution in [0.15, 0.2) is 11.4 Å². The number of nitrogens with one attached hydrogen (secondary N) is 1. The van der Waals surface area contributed by atoms with Crippen molar-refractivity contribution < 1.29 is 0 Å². The molecule has 2 nitrogen and oxygen atoms in total. The molecule has 2 aliphatic carbocycles. The summed E-state index contributed by atoms with van der Waals surface area (Å²) in [6.07, 6.45) is 5.96. The third-order valence-corrected chi connectivity index (χ3v) is 5.29. The van der Waals surface area contributed by atoms with Gasteiger partial charge in [0.2, 0.25) is 0 Å². The summed E-state index contributed by atoms with van der Waals surface area (Å²) in [5, 5.41) is 5.66. The van der Waals surface area contributed by atoms with Crippen molar-refractivity contribution in [3.05, 3.63) is 16.3 Å². The molecular formula is C13H20N2S. The zero-order chi connectivity index (χ0) is 11.0. The van der Waals surface area contributed by atoms with Crippen LogP contribution < -0.4 is 11.1 Å². The van der Waals surface area contributed by atoms with Crippen LogP contribution >= 0.6 is 11.3 Å². The summed E-state index contributed by atoms with van der Waals surface area (Å²) in [6, 6.07) is 2.00. The lowest BCUT2D eigenvalue weighted by atomic mass is 9.89. The predicted molar refractivity (Wildman–Crippen MR) is 69.4 cm³/mol. The van der Waals surface area contributed by atoms with Crippen LogP contribution in [0.5, 0.6) is 0 Å². The van der Waals surface area contributed by atoms with Gasteiger partial charge in [0.05, 0.1) is 0 Å². The summed E-state index contributed by atoms with van der Waals surface area (Å²) in [7, 11) is 0. The van der Waals surface area contributed by atoms with Gasteiger partial charge in [-0.1, -0.05) is 6.42 Å². The molecule has 3 atom stereocenters. The van der Waals surface area contributed by atoms with Crippen molar-refractivity contribution in [1.82, 2.24) is 5.32 Å². The summed E-state index contributed by atoms with van der Waals surface area (Å²) >= 11 is 1.76. The molecule has 3 rings (SSSR count). The van der Waals surface area contributed by atoms with Gasteiger partial charge in [-0.15, -0.1) is 11.3 Å². The maximum absolute atomic E-state index is 5.87. The Kier molecular flexibility index (Phi) is 2.90. The Morgan fingerprint density at radius 3 is 2.94 bits per heavy atom. The second-order valence-corrected chi connectivity index (χ2v) is 6.37. The molecule has 3 heteroatoms. The molecule has 1 heterocycles. The molecule has 2 saturated carbocycles. The van der Waals surface area contributed by atoms with Crippen LogP contribution in [-0.2, 0) is 6.54 Å². The number of rotatable bonds is 4. The molecule has 3 unspecified atom stereocenters. The molecule has 1 aromatic heterocycles. The van der Waals surface area contributed by atoms with Crippen molar-refractivity contribution in [2.75, 3.05) is 12.3 Å². The van der Waals surface area contributed by atoms with Gasteiger partial charge in [-0.2, -0.15) is 0 Å². The van der Waals surface area contributed by atoms with Gasteiger partial charge in [-0.25, -0.2) is 0 Å². The number of anilines is 1. The smallest absolute Gasteiger partial charge is 0.0468 e. The highest BCUT2D eigenvalue weighted by Crippen LogP contribution is 2.47. The fraction of sp³-hybridized carbons (Fsp3) is 0.692. The van der Waals surface area contributed by atoms with Gasteiger partial charge in [0, 0.05) is 17.1 Å². The third kappa shape index (κ3) is 1.98. The second-order valence-electron chi connectivity index (χ2n) is 5.36. The van der Waals surface area contributed by atoms with Crippen LogP contribution in [0.3, 0.4) is 0 Å². The Labute approximate surface area is 101 Å². The number of fused-ring (bicyclic) bond motifs is 2. The number of nitrogens with two attached hydrogens (primary N) is 1. The third-order valence-electron chi connectivity index (χ3n) is 4.36. The molecule has 2 aliphatic rings. The lowest BCUT2D eigenvalue weighted by Gasteiger charge is -2.21. The average Bonchev–Trinajstić information content (AvgIpc) is 2.96. The lowest BCUT2D eigenvalue weighted by molar-refractivity contribution is 0.319. The predicted octanol–water partition coefficient (Wildman–Crippen LogP) is 2.86. The Morgan fingerprint density at radius 2 is 2.31 bits per heavy atom. The minimum absolute atomic E-state index is 0.944. The van der Waals surface area contributed by atoms with Gasteiger partial charge in [-0.05, 0) is 55.0 Å². The molecule has 0 spiro atoms. The second kappa shape index (κ2) is 4.38. The highest BCUT2D eigenvalue weighted by atomic mass is 32.1. The standard InChI is InChI=1S/C13H20N2S/c14-12-3-4-16-13(12)8-15-7-11-6-9-1-2-10(11)5-9/h3-4,9-11,15H,1-2,5-8,14H2. The average molecular weight is 236 g/mol. The minimum Gasteiger partial charge on any atom is -0.398 e. The topological polar surface area (TPSA) is 38.0 Å². The fourth-order valence-electron chi connectivity index (χ4n) is 3.49. The highest BCUT2D eigenvalue weighted by molar-refractivity contribution is 7.10. The zero-order valence-corrected chi connectivity index (χ0v) is 10.4. The molecule has 1 aromatic rings. The lowest BCUT2D eigenvalue weighted by Crippen LogP contribution is -2.26. The van der Waals surface area contributed by atoms with Gasteiger partial charge in [0.25, 0.3) is 0 Å². The molecule has 0 radical (unpaired) electrons. The Balaban J connectivity index is 1.46. The summed E-state index contributed by atoms with van der Waals surface area (Å²) in [5.41, 5.74) is 6.82. The van der Waals surface area contributed by atoms with Gasteiger partial charge in [0.15, 0.2) is 0 Å². The Morgan fingerprint density at radius 1 is 1.38 bits per heavy atom. The van der Waals surface area contributed by atoms with Crippen LogP contribution in [0.4, 0.5) is 5.69 Å². The molecule has 0 amide bonds. The molecular weight excluding hydrogens is 216 g/mol. The van der Waals surface area contributed by atoms with Crippen LogP contribution in [0.25, 0.3) is 0 Å². The SMILES string of the molecule is Nc1ccsc1CNCC1CC2CCC1C2. The molecule has 2 bridgehead atoms. The summed E-state index contributed by atoms with van der Waals surface area (Å²) < 4.78 is 0. The monoisotopic (exact) mass is 236 g/mol. The number of hydrogen-bond acceptors (Lipinski definition) is 3. The van der Waals surface area contributed by atoms with E-state index in [1.54, 1.807) is 11.3 Å². The van der Waals surface area contributed by atoms with E-state index in [2.05, 4.69) is 10.7 Å². The van der Waals surface area contributed by atoms with E-state index in [-0.39, 0.29) is 0 Å². The van der Waals surface area contributed by atoms with E-state index in [9.17, 15) is 0 Å². The number of hydrogen-bond donors (Lipinski definition) is 2. The maximum atomic E-state index is 5.87. The van der Waals surface area contributed by atoms with Crippen LogP contribution in [0.2, 0.25) is 0 Å². The van der Waals surface area contributed by atoms with Crippen molar-refractivity contribution in [2.24, 2.45) is 17.8 Å². The molecule has 0 saturated heterocycles. The molecule has 88 valence electrons. The first-order valence-electron chi connectivity index (χ1n) is 6.35. The van der Waals surface area contributed by atoms with Crippen molar-refractivity contribution in [2.45, 2.75) is 32.2 Å². The van der Waals surface area contributed by atoms with E-state index in [0.29, 0.717) is 0 Å². The van der Waals surface area contributed by atoms with Crippen molar-refractivity contribution in [1.29, 1.82) is 0 Å². The molecule has 0 aromatic carbocycles. The minimum atomic E-state index is 0.944. The van der Waals surface area contributed by atoms with E-state index >= 15 is 0 Å². The zero-order valence-electron chi connectivity index (χ0n) is 9.61. The van der Waals surface area contributed by atoms with Crippen molar-refractivity contribution in [3.8, 4) is 0 Å². The van der Waals surface area contributed by atoms with Gasteiger partial charge in [-0.3, -0.25) is 0 Å². The largest absolute Gasteiger partial charge is 0.398 e. The first kappa shape index (κ1) is 10.6. The fourth-order valence-corrected chi connectivity index (χ4v) is 4.26. The summed E-state index contributed by atoms with van der Waals surface area (Å²) in [6.45, 7) is 2.15. The van der Waals surface area contributed by atoms with Crippen molar-refractivity contribution >= 4 is 17.0 Å². The quantitative estimate of drug-likeness (QED) is 0.843. The van der Waals surface area contributed by atoms with Crippen LogP contribution in [0, 0.1) is 17.8 Å². The van der Waals surface area contributed by atoms with Crippen molar-refractivity contribution in [3.63, 3.8) is 0 Å². The molecule has 2 fully saturated rings. The Hall–Kier alpha value is -0.540. The first-order valence-corrected chi connectivity index (χ1v) is 7.23. The highest BCUT2D eigenvalue weighted by Gasteiger charge is 2.38. The summed E-state index contributed by atoms with van der Waals surface area (Å²) in [4.78, 5) is 1.29. The van der Waals surface area contributed by atoms with Crippen LogP contribution in [-0.4, -0.2) is 6.54 Å². The molecule has 3 N–H and O–H groups in total. The first-order chi connectivity index (χ1) is 7.83. The maximum Gasteiger partial charge on any atom is 0.0468 e. The number of nitrogen functional groups attached to an aromatic ring is 1. The molecule has 16 heavy (non-hydrogen) atoms. The van der Waals surface area contributed by atoms with E-state index in [1.807, 2.05) is 6.07 Å². The molecule has 0 aliphatic heterocycles. The Bertz CT molecular complexity index is 361. The van der Waals surface area contributed by atoms with E-state index in [1.165, 1.54) is 37.1 Å². The van der Waals surface area contributed by atoms with Gasteiger partial charge in [0.1, 0.15) is 0 Å². The van der Waals surface area contributed by atoms with E-state index < -0.39 is 0 Å². The van der Waals surface area contributed by atoms with E-state index in [0.717, 1.165) is 30.0 Å². The van der Waals surface area contributed by atoms with Crippen LogP contribution in [0.1, 0.15) is 30.6 Å². The summed E-state index contributed by atoms with van der Waals surface area (Å²) in [5.74, 6) is 3.03. The normalized spacial score (nSPS) is 32.4. The number of thiophene rings is 1. The van der Waals surface area contributed by atoms with Gasteiger partial charge >= 0.3 is 0 Å².